The molecule has 1 nitrogen and oxygen atoms in total. The van der Waals surface area contributed by atoms with Crippen LogP contribution < -0.4 is 5.73 Å². The maximum atomic E-state index is 5.74. The van der Waals surface area contributed by atoms with E-state index in [0.29, 0.717) is 5.88 Å². The third kappa shape index (κ3) is 1.61. The van der Waals surface area contributed by atoms with Crippen molar-refractivity contribution in [2.75, 3.05) is 5.73 Å². The van der Waals surface area contributed by atoms with Crippen LogP contribution in [0.5, 0.6) is 0 Å². The van der Waals surface area contributed by atoms with E-state index in [2.05, 4.69) is 12.1 Å². The molecule has 0 aliphatic heterocycles. The van der Waals surface area contributed by atoms with Crippen LogP contribution in [0.25, 0.3) is 10.8 Å². The molecule has 2 rings (SSSR count). The average molecular weight is 192 g/mol. The van der Waals surface area contributed by atoms with Crippen LogP contribution in [0, 0.1) is 0 Å². The van der Waals surface area contributed by atoms with Crippen molar-refractivity contribution in [1.29, 1.82) is 0 Å². The molecule has 2 aromatic rings. The largest absolute Gasteiger partial charge is 0.399 e. The second-order valence-corrected chi connectivity index (χ2v) is 3.34. The standard InChI is InChI=1S/C11H10ClN/c12-7-8-1-2-9-3-4-11(13)6-10(9)5-8/h1-6H,7,13H2. The molecule has 0 amide bonds. The highest BCUT2D eigenvalue weighted by Gasteiger charge is 1.95. The smallest absolute Gasteiger partial charge is 0.0474 e. The van der Waals surface area contributed by atoms with Gasteiger partial charge in [0.2, 0.25) is 0 Å². The monoisotopic (exact) mass is 191 g/mol. The number of nitrogen functional groups attached to an aromatic ring is 1. The molecule has 66 valence electrons. The fourth-order valence-electron chi connectivity index (χ4n) is 1.40. The minimum absolute atomic E-state index is 0.546. The molecule has 0 saturated heterocycles. The SMILES string of the molecule is Nc1ccc2ccc(CCl)cc2c1. The summed E-state index contributed by atoms with van der Waals surface area (Å²) in [5.74, 6) is 0.546. The maximum Gasteiger partial charge on any atom is 0.0474 e. The fraction of sp³-hybridized carbons (Fsp3) is 0.0909. The van der Waals surface area contributed by atoms with Crippen molar-refractivity contribution in [1.82, 2.24) is 0 Å². The minimum atomic E-state index is 0.546. The lowest BCUT2D eigenvalue weighted by molar-refractivity contribution is 1.43. The van der Waals surface area contributed by atoms with E-state index in [-0.39, 0.29) is 0 Å². The van der Waals surface area contributed by atoms with Gasteiger partial charge in [-0.1, -0.05) is 18.2 Å². The summed E-state index contributed by atoms with van der Waals surface area (Å²) in [6.45, 7) is 0. The van der Waals surface area contributed by atoms with Crippen LogP contribution >= 0.6 is 11.6 Å². The van der Waals surface area contributed by atoms with Gasteiger partial charge in [0.15, 0.2) is 0 Å². The van der Waals surface area contributed by atoms with E-state index in [1.807, 2.05) is 24.3 Å². The molecule has 0 bridgehead atoms. The number of rotatable bonds is 1. The molecule has 0 heterocycles. The predicted molar refractivity (Wildman–Crippen MR) is 57.9 cm³/mol. The van der Waals surface area contributed by atoms with Crippen LogP contribution in [0.4, 0.5) is 5.69 Å². The summed E-state index contributed by atoms with van der Waals surface area (Å²) in [6.07, 6.45) is 0. The Labute approximate surface area is 82.1 Å². The number of alkyl halides is 1. The summed E-state index contributed by atoms with van der Waals surface area (Å²) in [5.41, 5.74) is 7.60. The van der Waals surface area contributed by atoms with Crippen LogP contribution in [0.15, 0.2) is 36.4 Å². The molecule has 0 fully saturated rings. The quantitative estimate of drug-likeness (QED) is 0.544. The summed E-state index contributed by atoms with van der Waals surface area (Å²) in [7, 11) is 0. The Kier molecular flexibility index (Phi) is 2.11. The Hall–Kier alpha value is -1.21. The first-order valence-electron chi connectivity index (χ1n) is 4.14. The van der Waals surface area contributed by atoms with E-state index >= 15 is 0 Å². The Morgan fingerprint density at radius 3 is 2.54 bits per heavy atom. The molecule has 0 atom stereocenters. The van der Waals surface area contributed by atoms with Gasteiger partial charge >= 0.3 is 0 Å². The second kappa shape index (κ2) is 3.27. The van der Waals surface area contributed by atoms with Crippen molar-refractivity contribution in [2.24, 2.45) is 0 Å². The molecule has 2 aromatic carbocycles. The Morgan fingerprint density at radius 1 is 1.00 bits per heavy atom. The highest BCUT2D eigenvalue weighted by molar-refractivity contribution is 6.17. The van der Waals surface area contributed by atoms with Gasteiger partial charge in [-0.3, -0.25) is 0 Å². The van der Waals surface area contributed by atoms with Crippen LogP contribution in [0.1, 0.15) is 5.56 Å². The van der Waals surface area contributed by atoms with Crippen LogP contribution in [-0.4, -0.2) is 0 Å². The van der Waals surface area contributed by atoms with E-state index in [4.69, 9.17) is 17.3 Å². The molecular formula is C11H10ClN. The summed E-state index contributed by atoms with van der Waals surface area (Å²) in [4.78, 5) is 0. The van der Waals surface area contributed by atoms with Gasteiger partial charge in [-0.25, -0.2) is 0 Å². The molecule has 0 aliphatic rings. The van der Waals surface area contributed by atoms with Gasteiger partial charge in [0.1, 0.15) is 0 Å². The zero-order valence-electron chi connectivity index (χ0n) is 7.13. The number of benzene rings is 2. The van der Waals surface area contributed by atoms with Gasteiger partial charge in [0, 0.05) is 11.6 Å². The van der Waals surface area contributed by atoms with Crippen LogP contribution in [0.2, 0.25) is 0 Å². The van der Waals surface area contributed by atoms with Crippen molar-refractivity contribution in [3.05, 3.63) is 42.0 Å². The summed E-state index contributed by atoms with van der Waals surface area (Å²) < 4.78 is 0. The number of hydrogen-bond donors (Lipinski definition) is 1. The topological polar surface area (TPSA) is 26.0 Å². The maximum absolute atomic E-state index is 5.74. The summed E-state index contributed by atoms with van der Waals surface area (Å²) in [5, 5.41) is 2.35. The first-order valence-corrected chi connectivity index (χ1v) is 4.67. The zero-order valence-corrected chi connectivity index (χ0v) is 7.88. The van der Waals surface area contributed by atoms with Crippen molar-refractivity contribution in [3.8, 4) is 0 Å². The van der Waals surface area contributed by atoms with Gasteiger partial charge in [-0.2, -0.15) is 0 Å². The third-order valence-electron chi connectivity index (χ3n) is 2.08. The first-order chi connectivity index (χ1) is 6.29. The van der Waals surface area contributed by atoms with Crippen LogP contribution in [-0.2, 0) is 5.88 Å². The van der Waals surface area contributed by atoms with Gasteiger partial charge in [0.25, 0.3) is 0 Å². The molecule has 0 aliphatic carbocycles. The van der Waals surface area contributed by atoms with E-state index in [1.54, 1.807) is 0 Å². The lowest BCUT2D eigenvalue weighted by Gasteiger charge is -2.01. The van der Waals surface area contributed by atoms with Crippen molar-refractivity contribution in [3.63, 3.8) is 0 Å². The Balaban J connectivity index is 2.68. The van der Waals surface area contributed by atoms with Gasteiger partial charge in [0.05, 0.1) is 0 Å². The van der Waals surface area contributed by atoms with E-state index in [1.165, 1.54) is 5.39 Å². The number of fused-ring (bicyclic) bond motifs is 1. The van der Waals surface area contributed by atoms with Crippen molar-refractivity contribution >= 4 is 28.1 Å². The highest BCUT2D eigenvalue weighted by atomic mass is 35.5. The van der Waals surface area contributed by atoms with Gasteiger partial charge < -0.3 is 5.73 Å². The third-order valence-corrected chi connectivity index (χ3v) is 2.39. The summed E-state index contributed by atoms with van der Waals surface area (Å²) in [6, 6.07) is 12.0. The van der Waals surface area contributed by atoms with Gasteiger partial charge in [-0.15, -0.1) is 11.6 Å². The normalized spacial score (nSPS) is 10.5. The van der Waals surface area contributed by atoms with Crippen molar-refractivity contribution in [2.45, 2.75) is 5.88 Å². The number of anilines is 1. The first kappa shape index (κ1) is 8.39. The lowest BCUT2D eigenvalue weighted by atomic mass is 10.1. The van der Waals surface area contributed by atoms with Crippen molar-refractivity contribution < 1.29 is 0 Å². The lowest BCUT2D eigenvalue weighted by Crippen LogP contribution is -1.84. The predicted octanol–water partition coefficient (Wildman–Crippen LogP) is 3.16. The Morgan fingerprint density at radius 2 is 1.77 bits per heavy atom. The molecule has 13 heavy (non-hydrogen) atoms. The summed E-state index contributed by atoms with van der Waals surface area (Å²) >= 11 is 5.74. The zero-order chi connectivity index (χ0) is 9.26. The van der Waals surface area contributed by atoms with E-state index in [0.717, 1.165) is 16.6 Å². The molecule has 0 unspecified atom stereocenters. The number of nitrogens with two attached hydrogens (primary N) is 1. The molecule has 0 aromatic heterocycles. The second-order valence-electron chi connectivity index (χ2n) is 3.07. The Bertz CT molecular complexity index is 437. The fourth-order valence-corrected chi connectivity index (χ4v) is 1.56. The number of hydrogen-bond acceptors (Lipinski definition) is 1. The number of halogens is 1. The van der Waals surface area contributed by atoms with Gasteiger partial charge in [-0.05, 0) is 34.5 Å². The molecule has 2 N–H and O–H groups in total. The molecule has 0 spiro atoms. The van der Waals surface area contributed by atoms with Crippen LogP contribution in [0.3, 0.4) is 0 Å². The molecule has 2 heteroatoms. The van der Waals surface area contributed by atoms with E-state index in [9.17, 15) is 0 Å². The molecule has 0 saturated carbocycles. The minimum Gasteiger partial charge on any atom is -0.399 e. The molecular weight excluding hydrogens is 182 g/mol. The molecule has 0 radical (unpaired) electrons. The van der Waals surface area contributed by atoms with E-state index < -0.39 is 0 Å². The highest BCUT2D eigenvalue weighted by Crippen LogP contribution is 2.19. The average Bonchev–Trinajstić information content (AvgIpc) is 2.16.